The highest BCUT2D eigenvalue weighted by Gasteiger charge is 2.47. The van der Waals surface area contributed by atoms with Crippen molar-refractivity contribution in [3.05, 3.63) is 192 Å². The fourth-order valence-electron chi connectivity index (χ4n) is 7.99. The molecule has 1 aliphatic rings. The lowest BCUT2D eigenvalue weighted by Crippen LogP contribution is -2.28. The van der Waals surface area contributed by atoms with Crippen molar-refractivity contribution in [1.29, 1.82) is 0 Å². The van der Waals surface area contributed by atoms with Gasteiger partial charge in [-0.15, -0.1) is 0 Å². The Morgan fingerprint density at radius 3 is 1.66 bits per heavy atom. The Bertz CT molecular complexity index is 2340. The van der Waals surface area contributed by atoms with Crippen molar-refractivity contribution in [1.82, 2.24) is 0 Å². The minimum atomic E-state index is -0.454. The van der Waals surface area contributed by atoms with Crippen LogP contribution in [0.5, 0.6) is 0 Å². The molecule has 0 amide bonds. The van der Waals surface area contributed by atoms with E-state index in [2.05, 4.69) is 171 Å². The number of hydrogen-bond acceptors (Lipinski definition) is 0. The van der Waals surface area contributed by atoms with Gasteiger partial charge in [-0.3, -0.25) is 0 Å². The lowest BCUT2D eigenvalue weighted by atomic mass is 9.67. The van der Waals surface area contributed by atoms with Gasteiger partial charge >= 0.3 is 0 Å². The van der Waals surface area contributed by atoms with Crippen LogP contribution in [0.1, 0.15) is 27.8 Å². The van der Waals surface area contributed by atoms with Gasteiger partial charge in [0.25, 0.3) is 0 Å². The quantitative estimate of drug-likeness (QED) is 0.189. The first-order valence-electron chi connectivity index (χ1n) is 15.4. The van der Waals surface area contributed by atoms with Crippen LogP contribution < -0.4 is 0 Å². The van der Waals surface area contributed by atoms with Crippen molar-refractivity contribution in [2.45, 2.75) is 12.3 Å². The number of rotatable bonds is 3. The van der Waals surface area contributed by atoms with Gasteiger partial charge in [0.05, 0.1) is 5.41 Å². The monoisotopic (exact) mass is 558 g/mol. The molecule has 8 aromatic rings. The van der Waals surface area contributed by atoms with E-state index in [1.165, 1.54) is 82.4 Å². The SMILES string of the molecule is Cc1cc2c(c3ccccc13)-c1ccc(-c3cc4ccccc4c4ccccc34)cc1C2(c1ccccc1)c1ccccc1. The summed E-state index contributed by atoms with van der Waals surface area (Å²) in [5.41, 5.74) is 11.3. The molecule has 0 aromatic heterocycles. The van der Waals surface area contributed by atoms with Crippen molar-refractivity contribution in [2.24, 2.45) is 0 Å². The Morgan fingerprint density at radius 2 is 0.955 bits per heavy atom. The zero-order valence-corrected chi connectivity index (χ0v) is 24.6. The topological polar surface area (TPSA) is 0 Å². The van der Waals surface area contributed by atoms with Crippen LogP contribution >= 0.6 is 0 Å². The average molecular weight is 559 g/mol. The minimum Gasteiger partial charge on any atom is -0.0622 e. The summed E-state index contributed by atoms with van der Waals surface area (Å²) in [4.78, 5) is 0. The highest BCUT2D eigenvalue weighted by molar-refractivity contribution is 6.14. The molecule has 0 unspecified atom stereocenters. The van der Waals surface area contributed by atoms with Crippen LogP contribution in [0.2, 0.25) is 0 Å². The molecule has 0 aliphatic heterocycles. The van der Waals surface area contributed by atoms with E-state index in [9.17, 15) is 0 Å². The van der Waals surface area contributed by atoms with Gasteiger partial charge in [0.1, 0.15) is 0 Å². The van der Waals surface area contributed by atoms with E-state index in [4.69, 9.17) is 0 Å². The van der Waals surface area contributed by atoms with Crippen molar-refractivity contribution in [3.63, 3.8) is 0 Å². The molecule has 0 nitrogen and oxygen atoms in total. The summed E-state index contributed by atoms with van der Waals surface area (Å²) >= 11 is 0. The van der Waals surface area contributed by atoms with E-state index < -0.39 is 5.41 Å². The average Bonchev–Trinajstić information content (AvgIpc) is 3.39. The van der Waals surface area contributed by atoms with Gasteiger partial charge in [-0.1, -0.05) is 152 Å². The largest absolute Gasteiger partial charge is 0.0714 e. The summed E-state index contributed by atoms with van der Waals surface area (Å²) in [5.74, 6) is 0. The van der Waals surface area contributed by atoms with E-state index in [0.717, 1.165) is 0 Å². The molecule has 9 rings (SSSR count). The van der Waals surface area contributed by atoms with E-state index in [1.807, 2.05) is 0 Å². The number of hydrogen-bond donors (Lipinski definition) is 0. The fraction of sp³-hybridized carbons (Fsp3) is 0.0455. The van der Waals surface area contributed by atoms with Gasteiger partial charge in [-0.05, 0) is 101 Å². The Morgan fingerprint density at radius 1 is 0.386 bits per heavy atom. The fourth-order valence-corrected chi connectivity index (χ4v) is 7.99. The van der Waals surface area contributed by atoms with Crippen LogP contribution in [0.3, 0.4) is 0 Å². The summed E-state index contributed by atoms with van der Waals surface area (Å²) in [7, 11) is 0. The Labute approximate surface area is 257 Å². The maximum absolute atomic E-state index is 2.50. The maximum Gasteiger partial charge on any atom is 0.0714 e. The molecule has 0 radical (unpaired) electrons. The minimum absolute atomic E-state index is 0.454. The van der Waals surface area contributed by atoms with Gasteiger partial charge in [-0.25, -0.2) is 0 Å². The van der Waals surface area contributed by atoms with Gasteiger partial charge in [0, 0.05) is 0 Å². The lowest BCUT2D eigenvalue weighted by molar-refractivity contribution is 0.768. The molecule has 0 heteroatoms. The molecule has 0 atom stereocenters. The Kier molecular flexibility index (Phi) is 5.43. The Hall–Kier alpha value is -5.46. The molecule has 0 fully saturated rings. The third-order valence-electron chi connectivity index (χ3n) is 9.84. The highest BCUT2D eigenvalue weighted by atomic mass is 14.5. The first-order valence-corrected chi connectivity index (χ1v) is 15.4. The number of benzene rings is 8. The second-order valence-electron chi connectivity index (χ2n) is 12.1. The molecular weight excluding hydrogens is 528 g/mol. The molecule has 0 saturated carbocycles. The van der Waals surface area contributed by atoms with Gasteiger partial charge in [0.2, 0.25) is 0 Å². The predicted octanol–water partition coefficient (Wildman–Crippen LogP) is 11.5. The molecule has 8 aromatic carbocycles. The van der Waals surface area contributed by atoms with Crippen LogP contribution in [0.4, 0.5) is 0 Å². The van der Waals surface area contributed by atoms with Gasteiger partial charge in [0.15, 0.2) is 0 Å². The first-order chi connectivity index (χ1) is 21.7. The number of aryl methyl sites for hydroxylation is 1. The lowest BCUT2D eigenvalue weighted by Gasteiger charge is -2.34. The van der Waals surface area contributed by atoms with Crippen molar-refractivity contribution < 1.29 is 0 Å². The molecule has 0 heterocycles. The standard InChI is InChI=1S/C44H30/c1-29-26-42-43(38-23-13-10-19-34(29)38)39-25-24-31(40-27-30-14-8-9-20-35(30)36-21-11-12-22-37(36)40)28-41(39)44(42,32-15-4-2-5-16-32)33-17-6-3-7-18-33/h2-28H,1H3. The molecule has 1 aliphatic carbocycles. The zero-order valence-electron chi connectivity index (χ0n) is 24.6. The van der Waals surface area contributed by atoms with Crippen molar-refractivity contribution >= 4 is 32.3 Å². The second kappa shape index (κ2) is 9.53. The molecule has 0 saturated heterocycles. The summed E-state index contributed by atoms with van der Waals surface area (Å²) in [6.45, 7) is 2.26. The summed E-state index contributed by atoms with van der Waals surface area (Å²) in [5, 5.41) is 7.78. The summed E-state index contributed by atoms with van der Waals surface area (Å²) in [6.07, 6.45) is 0. The van der Waals surface area contributed by atoms with E-state index >= 15 is 0 Å². The molecule has 206 valence electrons. The maximum atomic E-state index is 2.50. The van der Waals surface area contributed by atoms with Crippen LogP contribution in [0.15, 0.2) is 164 Å². The van der Waals surface area contributed by atoms with Gasteiger partial charge < -0.3 is 0 Å². The van der Waals surface area contributed by atoms with Crippen LogP contribution in [0, 0.1) is 6.92 Å². The summed E-state index contributed by atoms with van der Waals surface area (Å²) in [6, 6.07) is 60.9. The molecular formula is C44H30. The van der Waals surface area contributed by atoms with E-state index in [0.29, 0.717) is 0 Å². The van der Waals surface area contributed by atoms with E-state index in [1.54, 1.807) is 0 Å². The first kappa shape index (κ1) is 25.1. The predicted molar refractivity (Wildman–Crippen MR) is 186 cm³/mol. The molecule has 0 spiro atoms. The number of fused-ring (bicyclic) bond motifs is 8. The second-order valence-corrected chi connectivity index (χ2v) is 12.1. The van der Waals surface area contributed by atoms with Crippen LogP contribution in [-0.2, 0) is 5.41 Å². The van der Waals surface area contributed by atoms with E-state index in [-0.39, 0.29) is 0 Å². The van der Waals surface area contributed by atoms with Crippen molar-refractivity contribution in [3.8, 4) is 22.3 Å². The molecule has 0 N–H and O–H groups in total. The van der Waals surface area contributed by atoms with Crippen molar-refractivity contribution in [2.75, 3.05) is 0 Å². The normalized spacial score (nSPS) is 13.3. The third-order valence-corrected chi connectivity index (χ3v) is 9.84. The molecule has 0 bridgehead atoms. The third kappa shape index (κ3) is 3.40. The highest BCUT2D eigenvalue weighted by Crippen LogP contribution is 2.59. The van der Waals surface area contributed by atoms with Crippen LogP contribution in [0.25, 0.3) is 54.6 Å². The Balaban J connectivity index is 1.44. The smallest absolute Gasteiger partial charge is 0.0622 e. The zero-order chi connectivity index (χ0) is 29.3. The van der Waals surface area contributed by atoms with Crippen LogP contribution in [-0.4, -0.2) is 0 Å². The van der Waals surface area contributed by atoms with Gasteiger partial charge in [-0.2, -0.15) is 0 Å². The molecule has 44 heavy (non-hydrogen) atoms. The summed E-state index contributed by atoms with van der Waals surface area (Å²) < 4.78 is 0.